The van der Waals surface area contributed by atoms with E-state index in [2.05, 4.69) is 6.58 Å². The molecule has 0 aromatic heterocycles. The van der Waals surface area contributed by atoms with E-state index in [4.69, 9.17) is 9.47 Å². The third-order valence-electron chi connectivity index (χ3n) is 2.24. The third-order valence-corrected chi connectivity index (χ3v) is 2.24. The second kappa shape index (κ2) is 4.18. The smallest absolute Gasteiger partial charge is 0.335 e. The van der Waals surface area contributed by atoms with Crippen LogP contribution in [0.3, 0.4) is 0 Å². The van der Waals surface area contributed by atoms with Gasteiger partial charge in [-0.1, -0.05) is 6.58 Å². The van der Waals surface area contributed by atoms with Crippen LogP contribution in [0.15, 0.2) is 30.9 Å². The highest BCUT2D eigenvalue weighted by Gasteiger charge is 2.17. The molecule has 0 N–H and O–H groups in total. The number of hydrogen-bond acceptors (Lipinski definition) is 4. The van der Waals surface area contributed by atoms with Crippen LogP contribution in [0.4, 0.5) is 0 Å². The SMILES string of the molecule is C=CC(=O)Oc1ccc2c(c1)CCC(=O)O2. The Hall–Kier alpha value is -2.10. The lowest BCUT2D eigenvalue weighted by molar-refractivity contribution is -0.135. The standard InChI is InChI=1S/C12H10O4/c1-2-11(13)15-9-4-5-10-8(7-9)3-6-12(14)16-10/h2,4-5,7H,1,3,6H2. The first-order valence-corrected chi connectivity index (χ1v) is 4.87. The maximum atomic E-state index is 11.0. The number of carbonyl (C=O) groups is 2. The van der Waals surface area contributed by atoms with E-state index in [0.29, 0.717) is 24.3 Å². The van der Waals surface area contributed by atoms with E-state index >= 15 is 0 Å². The highest BCUT2D eigenvalue weighted by Crippen LogP contribution is 2.29. The molecule has 0 saturated carbocycles. The van der Waals surface area contributed by atoms with Crippen LogP contribution in [-0.2, 0) is 16.0 Å². The average molecular weight is 218 g/mol. The van der Waals surface area contributed by atoms with Gasteiger partial charge in [0.25, 0.3) is 0 Å². The van der Waals surface area contributed by atoms with Crippen molar-refractivity contribution in [3.05, 3.63) is 36.4 Å². The molecule has 0 bridgehead atoms. The lowest BCUT2D eigenvalue weighted by Gasteiger charge is -2.15. The zero-order chi connectivity index (χ0) is 11.5. The van der Waals surface area contributed by atoms with Crippen LogP contribution in [0.2, 0.25) is 0 Å². The Bertz CT molecular complexity index is 462. The van der Waals surface area contributed by atoms with Gasteiger partial charge >= 0.3 is 11.9 Å². The molecule has 0 atom stereocenters. The lowest BCUT2D eigenvalue weighted by Crippen LogP contribution is -2.15. The van der Waals surface area contributed by atoms with E-state index in [9.17, 15) is 9.59 Å². The maximum absolute atomic E-state index is 11.0. The predicted molar refractivity (Wildman–Crippen MR) is 56.2 cm³/mol. The quantitative estimate of drug-likeness (QED) is 0.430. The number of ether oxygens (including phenoxy) is 2. The van der Waals surface area contributed by atoms with Crippen LogP contribution in [0.1, 0.15) is 12.0 Å². The second-order valence-corrected chi connectivity index (χ2v) is 3.37. The Morgan fingerprint density at radius 1 is 1.44 bits per heavy atom. The molecule has 4 nitrogen and oxygen atoms in total. The van der Waals surface area contributed by atoms with Gasteiger partial charge in [0.2, 0.25) is 0 Å². The molecule has 0 radical (unpaired) electrons. The van der Waals surface area contributed by atoms with E-state index in [0.717, 1.165) is 11.6 Å². The molecular formula is C12H10O4. The summed E-state index contributed by atoms with van der Waals surface area (Å²) in [7, 11) is 0. The fourth-order valence-electron chi connectivity index (χ4n) is 1.48. The molecule has 0 saturated heterocycles. The highest BCUT2D eigenvalue weighted by molar-refractivity contribution is 5.83. The van der Waals surface area contributed by atoms with Gasteiger partial charge in [-0.25, -0.2) is 4.79 Å². The van der Waals surface area contributed by atoms with E-state index in [1.165, 1.54) is 0 Å². The van der Waals surface area contributed by atoms with E-state index in [-0.39, 0.29) is 5.97 Å². The van der Waals surface area contributed by atoms with Gasteiger partial charge in [-0.2, -0.15) is 0 Å². The number of hydrogen-bond donors (Lipinski definition) is 0. The summed E-state index contributed by atoms with van der Waals surface area (Å²) >= 11 is 0. The van der Waals surface area contributed by atoms with Crippen LogP contribution in [-0.4, -0.2) is 11.9 Å². The summed E-state index contributed by atoms with van der Waals surface area (Å²) in [5.41, 5.74) is 0.869. The van der Waals surface area contributed by atoms with E-state index in [1.807, 2.05) is 0 Å². The Morgan fingerprint density at radius 2 is 2.25 bits per heavy atom. The molecule has 1 heterocycles. The molecule has 0 spiro atoms. The van der Waals surface area contributed by atoms with Crippen LogP contribution < -0.4 is 9.47 Å². The molecule has 16 heavy (non-hydrogen) atoms. The molecule has 1 aromatic carbocycles. The zero-order valence-electron chi connectivity index (χ0n) is 8.56. The lowest BCUT2D eigenvalue weighted by atomic mass is 10.1. The van der Waals surface area contributed by atoms with Crippen molar-refractivity contribution in [1.29, 1.82) is 0 Å². The van der Waals surface area contributed by atoms with Crippen molar-refractivity contribution in [2.24, 2.45) is 0 Å². The summed E-state index contributed by atoms with van der Waals surface area (Å²) in [5, 5.41) is 0. The van der Waals surface area contributed by atoms with Gasteiger partial charge in [-0.05, 0) is 30.2 Å². The van der Waals surface area contributed by atoms with Gasteiger partial charge in [0.1, 0.15) is 11.5 Å². The molecular weight excluding hydrogens is 208 g/mol. The molecule has 0 fully saturated rings. The second-order valence-electron chi connectivity index (χ2n) is 3.37. The van der Waals surface area contributed by atoms with Crippen LogP contribution in [0.5, 0.6) is 11.5 Å². The first-order chi connectivity index (χ1) is 7.69. The molecule has 2 rings (SSSR count). The highest BCUT2D eigenvalue weighted by atomic mass is 16.5. The van der Waals surface area contributed by atoms with E-state index < -0.39 is 5.97 Å². The van der Waals surface area contributed by atoms with Crippen molar-refractivity contribution in [3.63, 3.8) is 0 Å². The number of esters is 2. The molecule has 82 valence electrons. The third kappa shape index (κ3) is 2.11. The molecule has 0 aliphatic carbocycles. The fourth-order valence-corrected chi connectivity index (χ4v) is 1.48. The number of aryl methyl sites for hydroxylation is 1. The van der Waals surface area contributed by atoms with Crippen molar-refractivity contribution in [3.8, 4) is 11.5 Å². The topological polar surface area (TPSA) is 52.6 Å². The molecule has 4 heteroatoms. The molecule has 1 aliphatic rings. The fraction of sp³-hybridized carbons (Fsp3) is 0.167. The molecule has 1 aromatic rings. The Labute approximate surface area is 92.5 Å². The van der Waals surface area contributed by atoms with Crippen molar-refractivity contribution in [1.82, 2.24) is 0 Å². The van der Waals surface area contributed by atoms with Crippen molar-refractivity contribution >= 4 is 11.9 Å². The Morgan fingerprint density at radius 3 is 3.00 bits per heavy atom. The number of rotatable bonds is 2. The first kappa shape index (κ1) is 10.4. The van der Waals surface area contributed by atoms with Gasteiger partial charge in [0.15, 0.2) is 0 Å². The summed E-state index contributed by atoms with van der Waals surface area (Å²) in [6, 6.07) is 4.90. The van der Waals surface area contributed by atoms with Gasteiger partial charge in [0.05, 0.1) is 6.42 Å². The number of benzene rings is 1. The Kier molecular flexibility index (Phi) is 2.72. The van der Waals surface area contributed by atoms with Gasteiger partial charge in [0, 0.05) is 6.08 Å². The molecule has 0 amide bonds. The van der Waals surface area contributed by atoms with Crippen molar-refractivity contribution < 1.29 is 19.1 Å². The summed E-state index contributed by atoms with van der Waals surface area (Å²) in [4.78, 5) is 22.0. The monoisotopic (exact) mass is 218 g/mol. The van der Waals surface area contributed by atoms with E-state index in [1.54, 1.807) is 18.2 Å². The van der Waals surface area contributed by atoms with Gasteiger partial charge in [-0.15, -0.1) is 0 Å². The first-order valence-electron chi connectivity index (χ1n) is 4.87. The van der Waals surface area contributed by atoms with Crippen LogP contribution in [0.25, 0.3) is 0 Å². The van der Waals surface area contributed by atoms with Crippen LogP contribution in [0, 0.1) is 0 Å². The number of carbonyl (C=O) groups excluding carboxylic acids is 2. The summed E-state index contributed by atoms with van der Waals surface area (Å²) in [6.07, 6.45) is 2.05. The minimum Gasteiger partial charge on any atom is -0.426 e. The maximum Gasteiger partial charge on any atom is 0.335 e. The zero-order valence-corrected chi connectivity index (χ0v) is 8.56. The average Bonchev–Trinajstić information content (AvgIpc) is 2.29. The number of fused-ring (bicyclic) bond motifs is 1. The van der Waals surface area contributed by atoms with Gasteiger partial charge in [-0.3, -0.25) is 4.79 Å². The van der Waals surface area contributed by atoms with Crippen molar-refractivity contribution in [2.75, 3.05) is 0 Å². The normalized spacial score (nSPS) is 13.6. The summed E-state index contributed by atoms with van der Waals surface area (Å²) in [6.45, 7) is 3.31. The van der Waals surface area contributed by atoms with Crippen LogP contribution >= 0.6 is 0 Å². The molecule has 1 aliphatic heterocycles. The minimum absolute atomic E-state index is 0.233. The minimum atomic E-state index is -0.507. The predicted octanol–water partition coefficient (Wildman–Crippen LogP) is 1.63. The summed E-state index contributed by atoms with van der Waals surface area (Å²) < 4.78 is 9.98. The van der Waals surface area contributed by atoms with Crippen molar-refractivity contribution in [2.45, 2.75) is 12.8 Å². The summed E-state index contributed by atoms with van der Waals surface area (Å²) in [5.74, 6) is 0.229. The largest absolute Gasteiger partial charge is 0.426 e. The Balaban J connectivity index is 2.22. The molecule has 0 unspecified atom stereocenters. The van der Waals surface area contributed by atoms with Gasteiger partial charge < -0.3 is 9.47 Å².